The number of amides is 5. The molecule has 14 nitrogen and oxygen atoms in total. The SMILES string of the molecule is CC1(C)[C@H](NC(=O)c2ccc(N3CCN(C4CCN(c5ccc6c(n5)C(=O)N(C5CCC(=O)NC5=O)C6=O)CC4)CC3)cc2)C(C)(C)[C@H]1Oc1ccc(C#N)c(Cl)c1. The van der Waals surface area contributed by atoms with Crippen LogP contribution in [0.3, 0.4) is 0 Å². The molecule has 0 radical (unpaired) electrons. The van der Waals surface area contributed by atoms with E-state index < -0.39 is 29.7 Å². The lowest BCUT2D eigenvalue weighted by atomic mass is 9.49. The summed E-state index contributed by atoms with van der Waals surface area (Å²) < 4.78 is 6.38. The molecule has 8 rings (SSSR count). The number of halogens is 1. The third-order valence-corrected chi connectivity index (χ3v) is 13.1. The van der Waals surface area contributed by atoms with Gasteiger partial charge in [0.05, 0.1) is 16.1 Å². The third kappa shape index (κ3) is 6.94. The Hall–Kier alpha value is -5.52. The molecule has 15 heteroatoms. The predicted molar refractivity (Wildman–Crippen MR) is 216 cm³/mol. The van der Waals surface area contributed by atoms with Gasteiger partial charge in [0, 0.05) is 85.9 Å². The largest absolute Gasteiger partial charge is 0.489 e. The normalized spacial score (nSPS) is 24.5. The minimum absolute atomic E-state index is 0.0531. The molecule has 3 aromatic rings. The van der Waals surface area contributed by atoms with Crippen LogP contribution in [0.1, 0.15) is 90.1 Å². The van der Waals surface area contributed by atoms with Crippen LogP contribution in [0.2, 0.25) is 5.02 Å². The van der Waals surface area contributed by atoms with Gasteiger partial charge in [0.2, 0.25) is 11.8 Å². The minimum atomic E-state index is -1.02. The van der Waals surface area contributed by atoms with Crippen LogP contribution in [0, 0.1) is 22.2 Å². The number of carbonyl (C=O) groups excluding carboxylic acids is 5. The van der Waals surface area contributed by atoms with Crippen molar-refractivity contribution >= 4 is 52.6 Å². The Morgan fingerprint density at radius 1 is 0.879 bits per heavy atom. The molecule has 1 aromatic heterocycles. The summed E-state index contributed by atoms with van der Waals surface area (Å²) in [5.41, 5.74) is 1.59. The van der Waals surface area contributed by atoms with Gasteiger partial charge in [0.15, 0.2) is 0 Å². The van der Waals surface area contributed by atoms with E-state index in [1.807, 2.05) is 24.3 Å². The first-order valence-corrected chi connectivity index (χ1v) is 20.3. The van der Waals surface area contributed by atoms with E-state index in [1.165, 1.54) is 0 Å². The Labute approximate surface area is 342 Å². The van der Waals surface area contributed by atoms with Gasteiger partial charge in [-0.1, -0.05) is 39.3 Å². The lowest BCUT2D eigenvalue weighted by molar-refractivity contribution is -0.164. The van der Waals surface area contributed by atoms with Gasteiger partial charge >= 0.3 is 0 Å². The highest BCUT2D eigenvalue weighted by Crippen LogP contribution is 2.55. The average Bonchev–Trinajstić information content (AvgIpc) is 3.46. The number of rotatable bonds is 8. The first-order valence-electron chi connectivity index (χ1n) is 19.9. The predicted octanol–water partition coefficient (Wildman–Crippen LogP) is 4.41. The quantitative estimate of drug-likeness (QED) is 0.310. The number of imide groups is 2. The average molecular weight is 807 g/mol. The van der Waals surface area contributed by atoms with Crippen molar-refractivity contribution in [1.29, 1.82) is 5.26 Å². The van der Waals surface area contributed by atoms with Gasteiger partial charge in [-0.05, 0) is 67.8 Å². The highest BCUT2D eigenvalue weighted by molar-refractivity contribution is 6.31. The molecule has 2 aromatic carbocycles. The second-order valence-corrected chi connectivity index (χ2v) is 17.5. The molecule has 58 heavy (non-hydrogen) atoms. The fourth-order valence-corrected chi connectivity index (χ4v) is 10.2. The maximum atomic E-state index is 13.5. The Morgan fingerprint density at radius 2 is 1.57 bits per heavy atom. The number of ether oxygens (including phenoxy) is 1. The zero-order valence-corrected chi connectivity index (χ0v) is 33.8. The molecule has 0 spiro atoms. The highest BCUT2D eigenvalue weighted by atomic mass is 35.5. The number of nitriles is 1. The van der Waals surface area contributed by atoms with Crippen molar-refractivity contribution in [2.45, 2.75) is 77.6 Å². The number of pyridine rings is 1. The zero-order valence-electron chi connectivity index (χ0n) is 33.1. The fraction of sp³-hybridized carbons (Fsp3) is 0.465. The maximum absolute atomic E-state index is 13.5. The van der Waals surface area contributed by atoms with E-state index in [1.54, 1.807) is 30.3 Å². The van der Waals surface area contributed by atoms with Crippen molar-refractivity contribution in [1.82, 2.24) is 25.4 Å². The summed E-state index contributed by atoms with van der Waals surface area (Å²) in [6.07, 6.45) is 1.85. The standard InChI is InChI=1S/C43H47ClN8O6/c1-42(2)40(43(3,4)41(42)58-29-10-7-26(24-45)31(44)23-29)48-36(54)25-5-8-27(9-6-25)49-19-21-50(22-20-49)28-15-17-51(18-16-28)33-13-11-30-35(46-33)39(57)52(38(30)56)32-12-14-34(53)47-37(32)55/h5-11,13,23,28,32,40-41H,12,14-22H2,1-4H3,(H,48,54)(H,47,53,55)/t32?,40-,41-. The van der Waals surface area contributed by atoms with E-state index in [4.69, 9.17) is 16.3 Å². The molecule has 2 N–H and O–H groups in total. The maximum Gasteiger partial charge on any atom is 0.281 e. The van der Waals surface area contributed by atoms with Crippen molar-refractivity contribution in [2.75, 3.05) is 49.1 Å². The highest BCUT2D eigenvalue weighted by Gasteiger charge is 2.64. The molecule has 5 aliphatic rings. The number of hydrogen-bond donors (Lipinski definition) is 2. The fourth-order valence-electron chi connectivity index (χ4n) is 9.95. The Morgan fingerprint density at radius 3 is 2.21 bits per heavy atom. The number of benzene rings is 2. The van der Waals surface area contributed by atoms with Gasteiger partial charge in [0.25, 0.3) is 17.7 Å². The molecular weight excluding hydrogens is 760 g/mol. The van der Waals surface area contributed by atoms with Gasteiger partial charge in [-0.25, -0.2) is 4.98 Å². The second kappa shape index (κ2) is 15.0. The molecule has 1 saturated carbocycles. The van der Waals surface area contributed by atoms with Crippen LogP contribution < -0.4 is 25.2 Å². The van der Waals surface area contributed by atoms with E-state index in [2.05, 4.69) is 64.1 Å². The lowest BCUT2D eigenvalue weighted by Crippen LogP contribution is -2.74. The van der Waals surface area contributed by atoms with E-state index >= 15 is 0 Å². The molecule has 1 unspecified atom stereocenters. The van der Waals surface area contributed by atoms with Crippen molar-refractivity contribution in [2.24, 2.45) is 10.8 Å². The van der Waals surface area contributed by atoms with Crippen LogP contribution in [-0.4, -0.2) is 108 Å². The molecule has 1 aliphatic carbocycles. The lowest BCUT2D eigenvalue weighted by Gasteiger charge is -2.63. The number of aromatic nitrogens is 1. The summed E-state index contributed by atoms with van der Waals surface area (Å²) in [6.45, 7) is 13.4. The van der Waals surface area contributed by atoms with E-state index in [-0.39, 0.29) is 53.0 Å². The Kier molecular flexibility index (Phi) is 10.2. The number of hydrogen-bond acceptors (Lipinski definition) is 11. The topological polar surface area (TPSA) is 168 Å². The van der Waals surface area contributed by atoms with Gasteiger partial charge < -0.3 is 19.9 Å². The molecule has 4 aliphatic heterocycles. The summed E-state index contributed by atoms with van der Waals surface area (Å²) in [5, 5.41) is 15.1. The number of piperidine rings is 2. The number of nitrogens with zero attached hydrogens (tertiary/aromatic N) is 6. The van der Waals surface area contributed by atoms with Crippen LogP contribution in [0.5, 0.6) is 5.75 Å². The summed E-state index contributed by atoms with van der Waals surface area (Å²) in [5.74, 6) is -1.11. The minimum Gasteiger partial charge on any atom is -0.489 e. The van der Waals surface area contributed by atoms with Crippen LogP contribution in [0.4, 0.5) is 11.5 Å². The summed E-state index contributed by atoms with van der Waals surface area (Å²) in [6, 6.07) is 17.6. The molecule has 4 fully saturated rings. The van der Waals surface area contributed by atoms with Gasteiger partial charge in [-0.15, -0.1) is 0 Å². The number of fused-ring (bicyclic) bond motifs is 1. The molecule has 5 heterocycles. The molecule has 302 valence electrons. The van der Waals surface area contributed by atoms with E-state index in [9.17, 15) is 29.2 Å². The van der Waals surface area contributed by atoms with Gasteiger partial charge in [-0.2, -0.15) is 5.26 Å². The molecular formula is C43H47ClN8O6. The third-order valence-electron chi connectivity index (χ3n) is 12.8. The second-order valence-electron chi connectivity index (χ2n) is 17.1. The smallest absolute Gasteiger partial charge is 0.281 e. The molecule has 1 atom stereocenters. The monoisotopic (exact) mass is 806 g/mol. The van der Waals surface area contributed by atoms with Gasteiger partial charge in [-0.3, -0.25) is 39.1 Å². The number of anilines is 2. The number of piperazine rings is 1. The molecule has 0 bridgehead atoms. The summed E-state index contributed by atoms with van der Waals surface area (Å²) in [4.78, 5) is 76.5. The van der Waals surface area contributed by atoms with Crippen LogP contribution in [0.25, 0.3) is 0 Å². The van der Waals surface area contributed by atoms with Crippen LogP contribution >= 0.6 is 11.6 Å². The number of nitrogens with one attached hydrogen (secondary N) is 2. The summed E-state index contributed by atoms with van der Waals surface area (Å²) in [7, 11) is 0. The van der Waals surface area contributed by atoms with E-state index in [0.717, 1.165) is 62.7 Å². The summed E-state index contributed by atoms with van der Waals surface area (Å²) >= 11 is 6.25. The first kappa shape index (κ1) is 39.3. The first-order chi connectivity index (χ1) is 27.7. The van der Waals surface area contributed by atoms with E-state index in [0.29, 0.717) is 33.8 Å². The Balaban J connectivity index is 0.811. The van der Waals surface area contributed by atoms with Crippen LogP contribution in [-0.2, 0) is 9.59 Å². The molecule has 5 amide bonds. The van der Waals surface area contributed by atoms with Crippen molar-refractivity contribution < 1.29 is 28.7 Å². The molecule has 3 saturated heterocycles. The zero-order chi connectivity index (χ0) is 41.1. The van der Waals surface area contributed by atoms with Gasteiger partial charge in [0.1, 0.15) is 35.5 Å². The van der Waals surface area contributed by atoms with Crippen molar-refractivity contribution in [3.63, 3.8) is 0 Å². The van der Waals surface area contributed by atoms with Crippen molar-refractivity contribution in [3.8, 4) is 11.8 Å². The number of carbonyl (C=O) groups is 5. The Bertz CT molecular complexity index is 2210. The van der Waals surface area contributed by atoms with Crippen LogP contribution in [0.15, 0.2) is 54.6 Å². The van der Waals surface area contributed by atoms with Crippen molar-refractivity contribution in [3.05, 3.63) is 82.0 Å².